The third-order valence-corrected chi connectivity index (χ3v) is 8.77. The maximum absolute atomic E-state index is 13.8. The number of benzene rings is 2. The van der Waals surface area contributed by atoms with Gasteiger partial charge in [0.15, 0.2) is 0 Å². The van der Waals surface area contributed by atoms with E-state index in [0.29, 0.717) is 37.9 Å². The van der Waals surface area contributed by atoms with Gasteiger partial charge in [0.2, 0.25) is 0 Å². The Balaban J connectivity index is 1.67. The average molecular weight is 528 g/mol. The van der Waals surface area contributed by atoms with E-state index < -0.39 is 35.3 Å². The molecule has 1 fully saturated rings. The number of hydrogen-bond acceptors (Lipinski definition) is 5. The van der Waals surface area contributed by atoms with Crippen molar-refractivity contribution in [2.45, 2.75) is 69.2 Å². The molecule has 10 heteroatoms. The fourth-order valence-electron chi connectivity index (χ4n) is 4.90. The van der Waals surface area contributed by atoms with Crippen molar-refractivity contribution in [2.75, 3.05) is 24.1 Å². The Morgan fingerprint density at radius 2 is 1.86 bits per heavy atom. The Morgan fingerprint density at radius 1 is 1.11 bits per heavy atom. The van der Waals surface area contributed by atoms with Crippen LogP contribution in [0.5, 0.6) is 5.75 Å². The number of rotatable bonds is 8. The number of aliphatic hydroxyl groups is 1. The molecule has 2 aliphatic heterocycles. The highest BCUT2D eigenvalue weighted by molar-refractivity contribution is 7.92. The van der Waals surface area contributed by atoms with Crippen molar-refractivity contribution in [3.05, 3.63) is 53.1 Å². The van der Waals surface area contributed by atoms with Crippen molar-refractivity contribution < 1.29 is 36.2 Å². The molecule has 1 saturated heterocycles. The Kier molecular flexibility index (Phi) is 8.16. The minimum atomic E-state index is -4.52. The smallest absolute Gasteiger partial charge is 0.391 e. The van der Waals surface area contributed by atoms with Gasteiger partial charge in [-0.05, 0) is 73.4 Å². The fraction of sp³-hybridized carbons (Fsp3) is 0.538. The van der Waals surface area contributed by atoms with Crippen molar-refractivity contribution in [3.8, 4) is 5.75 Å². The number of halogens is 3. The van der Waals surface area contributed by atoms with Crippen LogP contribution in [0.4, 0.5) is 18.9 Å². The molecule has 4 rings (SSSR count). The molecule has 0 amide bonds. The van der Waals surface area contributed by atoms with E-state index in [1.807, 2.05) is 13.0 Å². The second kappa shape index (κ2) is 11.0. The lowest BCUT2D eigenvalue weighted by molar-refractivity contribution is -0.138. The van der Waals surface area contributed by atoms with Gasteiger partial charge >= 0.3 is 6.18 Å². The highest BCUT2D eigenvalue weighted by atomic mass is 32.2. The first kappa shape index (κ1) is 26.8. The van der Waals surface area contributed by atoms with Crippen molar-refractivity contribution in [1.82, 2.24) is 0 Å². The number of nitrogens with zero attached hydrogens (tertiary/aromatic N) is 1. The van der Waals surface area contributed by atoms with E-state index in [0.717, 1.165) is 34.7 Å². The zero-order valence-corrected chi connectivity index (χ0v) is 21.1. The summed E-state index contributed by atoms with van der Waals surface area (Å²) in [4.78, 5) is -0.176. The molecule has 0 aliphatic carbocycles. The van der Waals surface area contributed by atoms with E-state index in [2.05, 4.69) is 0 Å². The van der Waals surface area contributed by atoms with Gasteiger partial charge < -0.3 is 14.6 Å². The summed E-state index contributed by atoms with van der Waals surface area (Å²) in [5.41, 5.74) is 2.26. The lowest BCUT2D eigenvalue weighted by atomic mass is 9.94. The van der Waals surface area contributed by atoms with Crippen molar-refractivity contribution >= 4 is 15.7 Å². The summed E-state index contributed by atoms with van der Waals surface area (Å²) in [7, 11) is -4.35. The summed E-state index contributed by atoms with van der Waals surface area (Å²) < 4.78 is 80.1. The van der Waals surface area contributed by atoms with E-state index >= 15 is 0 Å². The number of alkyl halides is 3. The van der Waals surface area contributed by atoms with Gasteiger partial charge in [-0.2, -0.15) is 13.2 Å². The van der Waals surface area contributed by atoms with Gasteiger partial charge in [0, 0.05) is 18.8 Å². The van der Waals surface area contributed by atoms with Gasteiger partial charge in [0.05, 0.1) is 36.3 Å². The number of aryl methyl sites for hydroxylation is 2. The molecule has 198 valence electrons. The Bertz CT molecular complexity index is 1160. The second-order valence-corrected chi connectivity index (χ2v) is 11.2. The lowest BCUT2D eigenvalue weighted by Crippen LogP contribution is -2.45. The van der Waals surface area contributed by atoms with E-state index in [-0.39, 0.29) is 22.6 Å². The monoisotopic (exact) mass is 527 g/mol. The standard InChI is InChI=1S/C26H32F3NO5S/c1-2-18-3-7-24-20(13-18)4-5-22(15-26(27,28)29)30(24)36(32,33)23-6-8-25(21(14-23)16-31)35-17-19-9-11-34-12-10-19/h3,6-8,13-14,19,22,31H,2,4-5,9-12,15-17H2,1H3. The highest BCUT2D eigenvalue weighted by Gasteiger charge is 2.42. The maximum atomic E-state index is 13.8. The minimum absolute atomic E-state index is 0.0675. The quantitative estimate of drug-likeness (QED) is 0.523. The molecule has 2 heterocycles. The average Bonchev–Trinajstić information content (AvgIpc) is 2.86. The van der Waals surface area contributed by atoms with Gasteiger partial charge in [-0.25, -0.2) is 8.42 Å². The zero-order chi connectivity index (χ0) is 25.9. The number of fused-ring (bicyclic) bond motifs is 1. The van der Waals surface area contributed by atoms with Crippen LogP contribution in [-0.4, -0.2) is 45.6 Å². The first-order valence-corrected chi connectivity index (χ1v) is 13.7. The van der Waals surface area contributed by atoms with Gasteiger partial charge in [0.1, 0.15) is 5.75 Å². The molecular formula is C26H32F3NO5S. The predicted molar refractivity (Wildman–Crippen MR) is 130 cm³/mol. The predicted octanol–water partition coefficient (Wildman–Crippen LogP) is 5.01. The summed E-state index contributed by atoms with van der Waals surface area (Å²) in [6.07, 6.45) is -2.86. The van der Waals surface area contributed by atoms with E-state index in [9.17, 15) is 26.7 Å². The van der Waals surface area contributed by atoms with Crippen LogP contribution in [-0.2, 0) is 34.2 Å². The third kappa shape index (κ3) is 5.98. The summed E-state index contributed by atoms with van der Waals surface area (Å²) in [5, 5.41) is 9.92. The molecule has 2 aliphatic rings. The molecule has 1 atom stereocenters. The van der Waals surface area contributed by atoms with E-state index in [1.54, 1.807) is 12.1 Å². The largest absolute Gasteiger partial charge is 0.493 e. The molecule has 1 unspecified atom stereocenters. The van der Waals surface area contributed by atoms with Crippen LogP contribution in [0.15, 0.2) is 41.3 Å². The minimum Gasteiger partial charge on any atom is -0.493 e. The number of hydrogen-bond donors (Lipinski definition) is 1. The molecule has 36 heavy (non-hydrogen) atoms. The van der Waals surface area contributed by atoms with Crippen LogP contribution in [0, 0.1) is 5.92 Å². The number of ether oxygens (including phenoxy) is 2. The van der Waals surface area contributed by atoms with Crippen LogP contribution in [0.2, 0.25) is 0 Å². The van der Waals surface area contributed by atoms with Crippen molar-refractivity contribution in [2.24, 2.45) is 5.92 Å². The van der Waals surface area contributed by atoms with Crippen LogP contribution < -0.4 is 9.04 Å². The zero-order valence-electron chi connectivity index (χ0n) is 20.3. The first-order chi connectivity index (χ1) is 17.1. The molecule has 2 aromatic carbocycles. The van der Waals surface area contributed by atoms with Crippen molar-refractivity contribution in [1.29, 1.82) is 0 Å². The number of anilines is 1. The summed E-state index contributed by atoms with van der Waals surface area (Å²) >= 11 is 0. The second-order valence-electron chi connectivity index (χ2n) is 9.42. The number of aliphatic hydroxyl groups excluding tert-OH is 1. The van der Waals surface area contributed by atoms with Crippen LogP contribution in [0.1, 0.15) is 49.3 Å². The SMILES string of the molecule is CCc1ccc2c(c1)CCC(CC(F)(F)F)N2S(=O)(=O)c1ccc(OCC2CCOCC2)c(CO)c1. The van der Waals surface area contributed by atoms with Crippen LogP contribution >= 0.6 is 0 Å². The molecule has 0 saturated carbocycles. The summed E-state index contributed by atoms with van der Waals surface area (Å²) in [6.45, 7) is 3.24. The normalized spacial score (nSPS) is 19.2. The molecule has 6 nitrogen and oxygen atoms in total. The van der Waals surface area contributed by atoms with Gasteiger partial charge in [-0.3, -0.25) is 4.31 Å². The molecule has 0 aromatic heterocycles. The summed E-state index contributed by atoms with van der Waals surface area (Å²) in [6, 6.07) is 8.09. The van der Waals surface area contributed by atoms with E-state index in [1.165, 1.54) is 18.2 Å². The molecule has 2 aromatic rings. The topological polar surface area (TPSA) is 76.1 Å². The van der Waals surface area contributed by atoms with Crippen LogP contribution in [0.25, 0.3) is 0 Å². The van der Waals surface area contributed by atoms with Crippen LogP contribution in [0.3, 0.4) is 0 Å². The molecule has 0 bridgehead atoms. The lowest BCUT2D eigenvalue weighted by Gasteiger charge is -2.38. The fourth-order valence-corrected chi connectivity index (χ4v) is 6.67. The third-order valence-electron chi connectivity index (χ3n) is 6.91. The Labute approximate surface area is 210 Å². The molecule has 1 N–H and O–H groups in total. The van der Waals surface area contributed by atoms with Gasteiger partial charge in [-0.15, -0.1) is 0 Å². The van der Waals surface area contributed by atoms with Crippen molar-refractivity contribution in [3.63, 3.8) is 0 Å². The first-order valence-electron chi connectivity index (χ1n) is 12.3. The maximum Gasteiger partial charge on any atom is 0.391 e. The molecule has 0 spiro atoms. The Morgan fingerprint density at radius 3 is 2.53 bits per heavy atom. The number of sulfonamides is 1. The summed E-state index contributed by atoms with van der Waals surface area (Å²) in [5.74, 6) is 0.663. The highest BCUT2D eigenvalue weighted by Crippen LogP contribution is 2.40. The van der Waals surface area contributed by atoms with Gasteiger partial charge in [0.25, 0.3) is 10.0 Å². The van der Waals surface area contributed by atoms with Gasteiger partial charge in [-0.1, -0.05) is 19.1 Å². The Hall–Kier alpha value is -2.30. The van der Waals surface area contributed by atoms with E-state index in [4.69, 9.17) is 9.47 Å². The molecule has 0 radical (unpaired) electrons. The molecular weight excluding hydrogens is 495 g/mol.